The first-order chi connectivity index (χ1) is 16.1. The molecule has 7 heteroatoms. The van der Waals surface area contributed by atoms with Gasteiger partial charge in [0.2, 0.25) is 0 Å². The van der Waals surface area contributed by atoms with Gasteiger partial charge in [0.1, 0.15) is 5.54 Å². The van der Waals surface area contributed by atoms with E-state index in [1.807, 2.05) is 43.3 Å². The monoisotopic (exact) mass is 443 g/mol. The molecule has 7 nitrogen and oxygen atoms in total. The van der Waals surface area contributed by atoms with Crippen LogP contribution in [0.5, 0.6) is 0 Å². The number of H-pyrrole nitrogens is 1. The lowest BCUT2D eigenvalue weighted by atomic mass is 9.81. The second-order valence-corrected chi connectivity index (χ2v) is 9.35. The van der Waals surface area contributed by atoms with Crippen molar-refractivity contribution in [2.45, 2.75) is 50.5 Å². The number of nitrogens with zero attached hydrogens (tertiary/aromatic N) is 3. The molecular weight excluding hydrogens is 414 g/mol. The number of hydrogen-bond donors (Lipinski definition) is 2. The number of hydrogen-bond acceptors (Lipinski definition) is 4. The summed E-state index contributed by atoms with van der Waals surface area (Å²) in [5.41, 5.74) is 3.43. The number of nitrogens with one attached hydrogen (secondary N) is 2. The molecular formula is C26H29N5O2. The van der Waals surface area contributed by atoms with Crippen LogP contribution in [-0.2, 0) is 5.54 Å². The summed E-state index contributed by atoms with van der Waals surface area (Å²) in [5.74, 6) is 0.157. The Morgan fingerprint density at radius 2 is 1.82 bits per heavy atom. The van der Waals surface area contributed by atoms with Gasteiger partial charge in [0.05, 0.1) is 36.1 Å². The van der Waals surface area contributed by atoms with Gasteiger partial charge in [-0.1, -0.05) is 49.6 Å². The molecule has 2 N–H and O–H groups in total. The predicted molar refractivity (Wildman–Crippen MR) is 125 cm³/mol. The quantitative estimate of drug-likeness (QED) is 0.625. The molecule has 0 unspecified atom stereocenters. The van der Waals surface area contributed by atoms with Crippen molar-refractivity contribution in [3.63, 3.8) is 0 Å². The molecule has 2 aromatic heterocycles. The third kappa shape index (κ3) is 4.15. The van der Waals surface area contributed by atoms with Gasteiger partial charge in [-0.25, -0.2) is 0 Å². The van der Waals surface area contributed by atoms with Crippen LogP contribution in [0.1, 0.15) is 75.6 Å². The molecule has 3 heterocycles. The summed E-state index contributed by atoms with van der Waals surface area (Å²) < 4.78 is 0. The SMILES string of the molecule is Cc1cncc(C(=O)NC2(c3ccccc3)CN(C(=O)c3cn[nH]c3C3CCCCC3)C2)c1. The van der Waals surface area contributed by atoms with Crippen LogP contribution >= 0.6 is 0 Å². The fourth-order valence-electron chi connectivity index (χ4n) is 5.15. The average Bonchev–Trinajstić information content (AvgIpc) is 3.32. The number of benzene rings is 1. The minimum absolute atomic E-state index is 0.0256. The number of aromatic nitrogens is 3. The predicted octanol–water partition coefficient (Wildman–Crippen LogP) is 3.94. The molecule has 1 aromatic carbocycles. The zero-order chi connectivity index (χ0) is 22.8. The fourth-order valence-corrected chi connectivity index (χ4v) is 5.15. The van der Waals surface area contributed by atoms with Crippen LogP contribution in [0.2, 0.25) is 0 Å². The first kappa shape index (κ1) is 21.4. The summed E-state index contributed by atoms with van der Waals surface area (Å²) in [6, 6.07) is 11.7. The van der Waals surface area contributed by atoms with E-state index in [1.54, 1.807) is 23.5 Å². The van der Waals surface area contributed by atoms with Gasteiger partial charge < -0.3 is 10.2 Å². The molecule has 5 rings (SSSR count). The molecule has 1 aliphatic heterocycles. The lowest BCUT2D eigenvalue weighted by Crippen LogP contribution is -2.69. The molecule has 0 spiro atoms. The van der Waals surface area contributed by atoms with E-state index in [9.17, 15) is 9.59 Å². The van der Waals surface area contributed by atoms with E-state index >= 15 is 0 Å². The first-order valence-corrected chi connectivity index (χ1v) is 11.7. The number of likely N-dealkylation sites (tertiary alicyclic amines) is 1. The van der Waals surface area contributed by atoms with Gasteiger partial charge in [-0.05, 0) is 37.0 Å². The van der Waals surface area contributed by atoms with Crippen LogP contribution in [0.3, 0.4) is 0 Å². The van der Waals surface area contributed by atoms with E-state index in [2.05, 4.69) is 20.5 Å². The van der Waals surface area contributed by atoms with Gasteiger partial charge in [-0.15, -0.1) is 0 Å². The molecule has 2 fully saturated rings. The molecule has 3 aromatic rings. The first-order valence-electron chi connectivity index (χ1n) is 11.7. The molecule has 2 amide bonds. The van der Waals surface area contributed by atoms with Crippen molar-refractivity contribution in [2.24, 2.45) is 0 Å². The Hall–Kier alpha value is -3.48. The third-order valence-electron chi connectivity index (χ3n) is 6.94. The smallest absolute Gasteiger partial charge is 0.257 e. The Bertz CT molecular complexity index is 1140. The molecule has 1 saturated carbocycles. The maximum Gasteiger partial charge on any atom is 0.257 e. The molecule has 33 heavy (non-hydrogen) atoms. The van der Waals surface area contributed by atoms with Crippen LogP contribution in [0.15, 0.2) is 55.0 Å². The van der Waals surface area contributed by atoms with Gasteiger partial charge in [0.25, 0.3) is 11.8 Å². The highest BCUT2D eigenvalue weighted by Crippen LogP contribution is 2.37. The highest BCUT2D eigenvalue weighted by Gasteiger charge is 2.48. The standard InChI is InChI=1S/C26H29N5O2/c1-18-12-20(14-27-13-18)24(32)29-26(21-10-6-3-7-11-21)16-31(17-26)25(33)22-15-28-30-23(22)19-8-4-2-5-9-19/h3,6-7,10-15,19H,2,4-5,8-9,16-17H2,1H3,(H,28,30)(H,29,32). The van der Waals surface area contributed by atoms with E-state index in [0.717, 1.165) is 29.7 Å². The van der Waals surface area contributed by atoms with Crippen molar-refractivity contribution in [2.75, 3.05) is 13.1 Å². The molecule has 1 saturated heterocycles. The average molecular weight is 444 g/mol. The number of aryl methyl sites for hydroxylation is 1. The summed E-state index contributed by atoms with van der Waals surface area (Å²) in [5, 5.41) is 10.5. The molecule has 0 radical (unpaired) electrons. The Morgan fingerprint density at radius 3 is 2.55 bits per heavy atom. The van der Waals surface area contributed by atoms with Crippen LogP contribution < -0.4 is 5.32 Å². The molecule has 170 valence electrons. The van der Waals surface area contributed by atoms with Gasteiger partial charge in [0.15, 0.2) is 0 Å². The van der Waals surface area contributed by atoms with Crippen molar-refractivity contribution < 1.29 is 9.59 Å². The van der Waals surface area contributed by atoms with E-state index in [0.29, 0.717) is 30.1 Å². The van der Waals surface area contributed by atoms with Crippen molar-refractivity contribution in [1.29, 1.82) is 0 Å². The van der Waals surface area contributed by atoms with E-state index in [1.165, 1.54) is 19.3 Å². The van der Waals surface area contributed by atoms with Gasteiger partial charge in [0, 0.05) is 18.3 Å². The third-order valence-corrected chi connectivity index (χ3v) is 6.94. The normalized spacial score (nSPS) is 17.9. The zero-order valence-electron chi connectivity index (χ0n) is 18.9. The topological polar surface area (TPSA) is 91.0 Å². The van der Waals surface area contributed by atoms with Crippen LogP contribution in [0, 0.1) is 6.92 Å². The van der Waals surface area contributed by atoms with Gasteiger partial charge >= 0.3 is 0 Å². The Labute approximate surface area is 193 Å². The fraction of sp³-hybridized carbons (Fsp3) is 0.385. The van der Waals surface area contributed by atoms with Crippen LogP contribution in [0.25, 0.3) is 0 Å². The molecule has 0 atom stereocenters. The van der Waals surface area contributed by atoms with E-state index < -0.39 is 5.54 Å². The number of aromatic amines is 1. The maximum atomic E-state index is 13.4. The summed E-state index contributed by atoms with van der Waals surface area (Å²) in [6.07, 6.45) is 10.8. The minimum atomic E-state index is -0.632. The molecule has 1 aliphatic carbocycles. The largest absolute Gasteiger partial charge is 0.339 e. The number of carbonyl (C=O) groups excluding carboxylic acids is 2. The van der Waals surface area contributed by atoms with Crippen molar-refractivity contribution in [3.8, 4) is 0 Å². The highest BCUT2D eigenvalue weighted by molar-refractivity contribution is 5.97. The second kappa shape index (κ2) is 8.81. The number of rotatable bonds is 5. The molecule has 0 bridgehead atoms. The van der Waals surface area contributed by atoms with Gasteiger partial charge in [-0.3, -0.25) is 19.7 Å². The summed E-state index contributed by atoms with van der Waals surface area (Å²) in [4.78, 5) is 32.4. The van der Waals surface area contributed by atoms with Crippen LogP contribution in [-0.4, -0.2) is 45.0 Å². The highest BCUT2D eigenvalue weighted by atomic mass is 16.2. The van der Waals surface area contributed by atoms with E-state index in [4.69, 9.17) is 0 Å². The van der Waals surface area contributed by atoms with E-state index in [-0.39, 0.29) is 11.8 Å². The van der Waals surface area contributed by atoms with Gasteiger partial charge in [-0.2, -0.15) is 5.10 Å². The van der Waals surface area contributed by atoms with Crippen molar-refractivity contribution in [1.82, 2.24) is 25.4 Å². The summed E-state index contributed by atoms with van der Waals surface area (Å²) in [6.45, 7) is 2.74. The Balaban J connectivity index is 1.36. The number of carbonyl (C=O) groups is 2. The minimum Gasteiger partial charge on any atom is -0.339 e. The van der Waals surface area contributed by atoms with Crippen molar-refractivity contribution >= 4 is 11.8 Å². The maximum absolute atomic E-state index is 13.4. The lowest BCUT2D eigenvalue weighted by Gasteiger charge is -2.50. The Kier molecular flexibility index (Phi) is 5.70. The summed E-state index contributed by atoms with van der Waals surface area (Å²) >= 11 is 0. The Morgan fingerprint density at radius 1 is 1.06 bits per heavy atom. The second-order valence-electron chi connectivity index (χ2n) is 9.35. The van der Waals surface area contributed by atoms with Crippen molar-refractivity contribution in [3.05, 3.63) is 82.9 Å². The number of pyridine rings is 1. The zero-order valence-corrected chi connectivity index (χ0v) is 18.9. The number of amides is 2. The molecule has 2 aliphatic rings. The summed E-state index contributed by atoms with van der Waals surface area (Å²) in [7, 11) is 0. The lowest BCUT2D eigenvalue weighted by molar-refractivity contribution is 0.0260. The van der Waals surface area contributed by atoms with Crippen LogP contribution in [0.4, 0.5) is 0 Å².